The van der Waals surface area contributed by atoms with Crippen LogP contribution in [0.15, 0.2) is 67.0 Å². The van der Waals surface area contributed by atoms with E-state index in [-0.39, 0.29) is 54.6 Å². The topological polar surface area (TPSA) is 196 Å². The van der Waals surface area contributed by atoms with E-state index in [0.29, 0.717) is 36.3 Å². The summed E-state index contributed by atoms with van der Waals surface area (Å²) < 4.78 is 0. The van der Waals surface area contributed by atoms with Crippen molar-refractivity contribution >= 4 is 35.3 Å². The van der Waals surface area contributed by atoms with Crippen LogP contribution in [0.3, 0.4) is 0 Å². The normalized spacial score (nSPS) is 23.1. The molecular formula is C51H62N12O5. The summed E-state index contributed by atoms with van der Waals surface area (Å²) in [6.07, 6.45) is 13.0. The third-order valence-electron chi connectivity index (χ3n) is 15.2. The number of terminal acetylenes is 1. The number of piperazine rings is 1. The Kier molecular flexibility index (Phi) is 12.1. The number of amides is 4. The fraction of sp³-hybridized carbons (Fsp3) is 0.510. The zero-order chi connectivity index (χ0) is 47.3. The number of rotatable bonds is 9. The molecule has 5 N–H and O–H groups in total. The van der Waals surface area contributed by atoms with Crippen LogP contribution < -0.4 is 25.8 Å². The van der Waals surface area contributed by atoms with E-state index in [1.807, 2.05) is 75.6 Å². The standard InChI is InChI=1S/C51H62N12O5/c1-5-32-10-12-33(13-11-32)24-53-46(66)42-20-38(64)29-63(42)47(67)44(50(2,3)4)56-49(68)61-30-51(31-61)22-36(23-51)59-16-14-34(15-17-59)35-25-54-48(55-26-35)60-18-19-62-37(28-60)27-52-45-41(62)21-40(57-58-45)39-8-6-7-9-43(39)65/h1,6-13,21,25-26,34,36-38,42,44,64-65H,14-20,22-24,27-31H2,2-4H3,(H,52,58)(H,53,66)(H,56,68)/t37-,38+,42-,44+/m0/s1. The SMILES string of the molecule is C#Cc1ccc(CNC(=O)[C@@H]2C[C@@H](O)CN2C(=O)[C@@H](NC(=O)N2CC3(CC(N4CCC(c5cnc(N6CCN7c8cc(-c9ccccc9O)nnc8NC[C@H]7C6)nc5)CC4)C3)C2)C(C)(C)C)cc1. The highest BCUT2D eigenvalue weighted by atomic mass is 16.3. The van der Waals surface area contributed by atoms with Crippen LogP contribution in [0.4, 0.5) is 22.2 Å². The second-order valence-corrected chi connectivity index (χ2v) is 20.9. The molecule has 4 aromatic rings. The Morgan fingerprint density at radius 1 is 0.956 bits per heavy atom. The van der Waals surface area contributed by atoms with E-state index in [4.69, 9.17) is 16.4 Å². The number of para-hydroxylation sites is 1. The molecule has 0 unspecified atom stereocenters. The number of aliphatic hydroxyl groups excluding tert-OH is 1. The number of aromatic hydroxyl groups is 1. The third-order valence-corrected chi connectivity index (χ3v) is 15.2. The van der Waals surface area contributed by atoms with Crippen molar-refractivity contribution in [3.05, 3.63) is 83.7 Å². The predicted octanol–water partition coefficient (Wildman–Crippen LogP) is 3.79. The first-order chi connectivity index (χ1) is 32.7. The molecule has 1 aliphatic carbocycles. The van der Waals surface area contributed by atoms with E-state index >= 15 is 0 Å². The maximum Gasteiger partial charge on any atom is 0.318 e. The van der Waals surface area contributed by atoms with Gasteiger partial charge in [-0.3, -0.25) is 9.59 Å². The molecule has 0 bridgehead atoms. The molecule has 7 heterocycles. The molecule has 4 amide bonds. The van der Waals surface area contributed by atoms with Gasteiger partial charge in [0.15, 0.2) is 5.82 Å². The van der Waals surface area contributed by atoms with Gasteiger partial charge in [0.1, 0.15) is 17.8 Å². The summed E-state index contributed by atoms with van der Waals surface area (Å²) in [7, 11) is 0. The number of phenols is 1. The number of hydrogen-bond donors (Lipinski definition) is 5. The van der Waals surface area contributed by atoms with Gasteiger partial charge >= 0.3 is 6.03 Å². The van der Waals surface area contributed by atoms with Gasteiger partial charge in [0, 0.05) is 93.8 Å². The molecule has 1 saturated carbocycles. The van der Waals surface area contributed by atoms with Gasteiger partial charge in [0.05, 0.1) is 23.5 Å². The minimum absolute atomic E-state index is 0.0258. The fourth-order valence-corrected chi connectivity index (χ4v) is 11.3. The number of aromatic nitrogens is 4. The quantitative estimate of drug-likeness (QED) is 0.153. The summed E-state index contributed by atoms with van der Waals surface area (Å²) >= 11 is 0. The van der Waals surface area contributed by atoms with E-state index in [2.05, 4.69) is 46.8 Å². The number of urea groups is 1. The van der Waals surface area contributed by atoms with Gasteiger partial charge in [0.25, 0.3) is 0 Å². The number of anilines is 3. The number of carbonyl (C=O) groups is 3. The number of piperidine rings is 1. The number of nitrogens with one attached hydrogen (secondary N) is 3. The number of phenolic OH excluding ortho intramolecular Hbond substituents is 1. The second kappa shape index (κ2) is 18.2. The van der Waals surface area contributed by atoms with Gasteiger partial charge in [-0.25, -0.2) is 14.8 Å². The Labute approximate surface area is 397 Å². The smallest absolute Gasteiger partial charge is 0.318 e. The number of likely N-dealkylation sites (tertiary alicyclic amines) is 3. The molecule has 6 aliphatic rings. The van der Waals surface area contributed by atoms with Gasteiger partial charge in [-0.1, -0.05) is 51.0 Å². The zero-order valence-electron chi connectivity index (χ0n) is 39.1. The first kappa shape index (κ1) is 45.3. The first-order valence-electron chi connectivity index (χ1n) is 24.1. The van der Waals surface area contributed by atoms with E-state index in [1.54, 1.807) is 17.0 Å². The van der Waals surface area contributed by atoms with E-state index < -0.39 is 23.6 Å². The fourth-order valence-electron chi connectivity index (χ4n) is 11.3. The van der Waals surface area contributed by atoms with Crippen molar-refractivity contribution in [2.75, 3.05) is 74.0 Å². The van der Waals surface area contributed by atoms with E-state index in [0.717, 1.165) is 93.5 Å². The summed E-state index contributed by atoms with van der Waals surface area (Å²) in [5.74, 6) is 3.97. The molecule has 4 saturated heterocycles. The molecule has 17 heteroatoms. The highest BCUT2D eigenvalue weighted by Crippen LogP contribution is 2.51. The average molecular weight is 923 g/mol. The minimum Gasteiger partial charge on any atom is -0.507 e. The van der Waals surface area contributed by atoms with Gasteiger partial charge in [-0.2, -0.15) is 0 Å². The number of aliphatic hydroxyl groups is 1. The van der Waals surface area contributed by atoms with E-state index in [1.165, 1.54) is 10.5 Å². The van der Waals surface area contributed by atoms with Crippen molar-refractivity contribution in [2.24, 2.45) is 10.8 Å². The highest BCUT2D eigenvalue weighted by Gasteiger charge is 2.56. The third kappa shape index (κ3) is 8.99. The van der Waals surface area contributed by atoms with Gasteiger partial charge in [-0.05, 0) is 91.6 Å². The molecule has 4 atom stereocenters. The van der Waals surface area contributed by atoms with Gasteiger partial charge < -0.3 is 50.7 Å². The van der Waals surface area contributed by atoms with Gasteiger partial charge in [-0.15, -0.1) is 16.6 Å². The van der Waals surface area contributed by atoms with Crippen LogP contribution in [0.2, 0.25) is 0 Å². The van der Waals surface area contributed by atoms with Crippen molar-refractivity contribution in [1.29, 1.82) is 0 Å². The molecule has 17 nitrogen and oxygen atoms in total. The molecule has 5 aliphatic heterocycles. The Hall–Kier alpha value is -6.51. The Morgan fingerprint density at radius 2 is 1.69 bits per heavy atom. The molecule has 2 aromatic carbocycles. The molecule has 68 heavy (non-hydrogen) atoms. The summed E-state index contributed by atoms with van der Waals surface area (Å²) in [4.78, 5) is 61.5. The molecule has 10 rings (SSSR count). The van der Waals surface area contributed by atoms with Crippen molar-refractivity contribution in [3.63, 3.8) is 0 Å². The Morgan fingerprint density at radius 3 is 2.40 bits per heavy atom. The summed E-state index contributed by atoms with van der Waals surface area (Å²) in [5.41, 5.74) is 4.57. The second-order valence-electron chi connectivity index (χ2n) is 20.9. The lowest BCUT2D eigenvalue weighted by atomic mass is 9.60. The molecule has 356 valence electrons. The number of carbonyl (C=O) groups excluding carboxylic acids is 3. The van der Waals surface area contributed by atoms with Crippen LogP contribution >= 0.6 is 0 Å². The number of benzene rings is 2. The zero-order valence-corrected chi connectivity index (χ0v) is 39.1. The lowest BCUT2D eigenvalue weighted by Gasteiger charge is -2.61. The summed E-state index contributed by atoms with van der Waals surface area (Å²) in [6, 6.07) is 15.2. The average Bonchev–Trinajstić information content (AvgIpc) is 3.72. The van der Waals surface area contributed by atoms with Crippen molar-refractivity contribution in [1.82, 2.24) is 45.5 Å². The van der Waals surface area contributed by atoms with Gasteiger partial charge in [0.2, 0.25) is 17.8 Å². The van der Waals surface area contributed by atoms with Crippen LogP contribution in [0.5, 0.6) is 5.75 Å². The molecule has 0 radical (unpaired) electrons. The molecule has 5 fully saturated rings. The largest absolute Gasteiger partial charge is 0.507 e. The Balaban J connectivity index is 0.670. The number of hydrogen-bond acceptors (Lipinski definition) is 13. The predicted molar refractivity (Wildman–Crippen MR) is 258 cm³/mol. The molecule has 1 spiro atoms. The van der Waals surface area contributed by atoms with Crippen molar-refractivity contribution in [2.45, 2.75) is 95.6 Å². The minimum atomic E-state index is -0.882. The number of nitrogens with zero attached hydrogens (tertiary/aromatic N) is 9. The number of fused-ring (bicyclic) bond motifs is 3. The lowest BCUT2D eigenvalue weighted by molar-refractivity contribution is -0.142. The highest BCUT2D eigenvalue weighted by molar-refractivity contribution is 5.93. The van der Waals surface area contributed by atoms with Crippen molar-refractivity contribution < 1.29 is 24.6 Å². The maximum absolute atomic E-state index is 14.1. The summed E-state index contributed by atoms with van der Waals surface area (Å²) in [6.45, 7) is 12.4. The van der Waals surface area contributed by atoms with Crippen LogP contribution in [0.1, 0.15) is 75.5 Å². The Bertz CT molecular complexity index is 2560. The van der Waals surface area contributed by atoms with Crippen LogP contribution in [-0.2, 0) is 16.1 Å². The first-order valence-corrected chi connectivity index (χ1v) is 24.1. The van der Waals surface area contributed by atoms with Crippen LogP contribution in [-0.4, -0.2) is 152 Å². The monoisotopic (exact) mass is 922 g/mol. The van der Waals surface area contributed by atoms with E-state index in [9.17, 15) is 24.6 Å². The molecular weight excluding hydrogens is 861 g/mol. The molecule has 2 aromatic heterocycles. The number of β-amino-alcohol motifs (C(OH)–C–C–N with tert-alkyl or cyclic N) is 1. The maximum atomic E-state index is 14.1. The lowest BCUT2D eigenvalue weighted by Crippen LogP contribution is -2.70. The van der Waals surface area contributed by atoms with Crippen LogP contribution in [0, 0.1) is 23.2 Å². The summed E-state index contributed by atoms with van der Waals surface area (Å²) in [5, 5.41) is 39.3. The van der Waals surface area contributed by atoms with Crippen LogP contribution in [0.25, 0.3) is 11.3 Å². The van der Waals surface area contributed by atoms with Crippen molar-refractivity contribution in [3.8, 4) is 29.4 Å².